The molecule has 322 valence electrons. The maximum Gasteiger partial charge on any atom is 0.135 e. The molecule has 0 radical (unpaired) electrons. The van der Waals surface area contributed by atoms with Crippen LogP contribution in [0.15, 0.2) is 261 Å². The second-order valence-corrected chi connectivity index (χ2v) is 18.3. The van der Waals surface area contributed by atoms with Crippen molar-refractivity contribution in [3.8, 4) is 89.4 Å². The standard InChI is InChI=1S/C67H43NO/c1-2-17-44(18-3-1)45-33-37-47(38-34-45)68(49-41-42-65-59(43-49)54-22-7-6-21-53(54)57-25-11-15-32-64(57)69-65)48-39-35-46(36-40-48)50-27-16-31-63-66(50)58-26-10-14-30-62(58)67(63)60-28-12-8-23-55(60)51-19-4-5-20-52(51)56-24-9-13-29-61(56)67/h1-43H. The highest BCUT2D eigenvalue weighted by Gasteiger charge is 2.50. The smallest absolute Gasteiger partial charge is 0.135 e. The quantitative estimate of drug-likeness (QED) is 0.171. The first kappa shape index (κ1) is 39.2. The van der Waals surface area contributed by atoms with Gasteiger partial charge in [0.15, 0.2) is 0 Å². The van der Waals surface area contributed by atoms with E-state index in [0.717, 1.165) is 50.8 Å². The Bertz CT molecular complexity index is 3740. The van der Waals surface area contributed by atoms with E-state index in [9.17, 15) is 0 Å². The Labute approximate surface area is 402 Å². The zero-order valence-corrected chi connectivity index (χ0v) is 37.7. The van der Waals surface area contributed by atoms with Crippen LogP contribution < -0.4 is 9.64 Å². The van der Waals surface area contributed by atoms with Crippen LogP contribution in [0.25, 0.3) is 77.9 Å². The van der Waals surface area contributed by atoms with Gasteiger partial charge in [-0.2, -0.15) is 0 Å². The van der Waals surface area contributed by atoms with Gasteiger partial charge in [-0.15, -0.1) is 0 Å². The predicted molar refractivity (Wildman–Crippen MR) is 285 cm³/mol. The summed E-state index contributed by atoms with van der Waals surface area (Å²) >= 11 is 0. The van der Waals surface area contributed by atoms with Crippen molar-refractivity contribution in [1.29, 1.82) is 0 Å². The topological polar surface area (TPSA) is 12.5 Å². The summed E-state index contributed by atoms with van der Waals surface area (Å²) in [6.07, 6.45) is 0. The summed E-state index contributed by atoms with van der Waals surface area (Å²) in [4.78, 5) is 2.37. The lowest BCUT2D eigenvalue weighted by atomic mass is 9.66. The number of benzene rings is 11. The van der Waals surface area contributed by atoms with Crippen molar-refractivity contribution in [2.24, 2.45) is 0 Å². The van der Waals surface area contributed by atoms with E-state index in [4.69, 9.17) is 4.74 Å². The molecule has 2 nitrogen and oxygen atoms in total. The molecule has 11 aromatic rings. The fourth-order valence-electron chi connectivity index (χ4n) is 11.8. The second-order valence-electron chi connectivity index (χ2n) is 18.3. The minimum Gasteiger partial charge on any atom is -0.456 e. The largest absolute Gasteiger partial charge is 0.456 e. The van der Waals surface area contributed by atoms with Gasteiger partial charge in [-0.25, -0.2) is 0 Å². The molecule has 0 fully saturated rings. The van der Waals surface area contributed by atoms with E-state index in [1.165, 1.54) is 77.9 Å². The van der Waals surface area contributed by atoms with E-state index in [1.807, 2.05) is 6.07 Å². The Hall–Kier alpha value is -8.98. The van der Waals surface area contributed by atoms with Gasteiger partial charge in [0.05, 0.1) is 5.41 Å². The molecule has 1 aliphatic heterocycles. The van der Waals surface area contributed by atoms with Crippen LogP contribution in [-0.2, 0) is 5.41 Å². The predicted octanol–water partition coefficient (Wildman–Crippen LogP) is 17.9. The Morgan fingerprint density at radius 1 is 0.246 bits per heavy atom. The van der Waals surface area contributed by atoms with Crippen LogP contribution in [0.3, 0.4) is 0 Å². The third-order valence-corrected chi connectivity index (χ3v) is 14.7. The van der Waals surface area contributed by atoms with E-state index >= 15 is 0 Å². The van der Waals surface area contributed by atoms with Crippen molar-refractivity contribution in [3.63, 3.8) is 0 Å². The maximum atomic E-state index is 6.71. The molecular weight excluding hydrogens is 835 g/mol. The van der Waals surface area contributed by atoms with Gasteiger partial charge < -0.3 is 9.64 Å². The van der Waals surface area contributed by atoms with Crippen molar-refractivity contribution < 1.29 is 4.74 Å². The molecule has 3 aliphatic rings. The van der Waals surface area contributed by atoms with Gasteiger partial charge in [-0.05, 0) is 138 Å². The van der Waals surface area contributed by atoms with Gasteiger partial charge in [0.25, 0.3) is 0 Å². The highest BCUT2D eigenvalue weighted by molar-refractivity contribution is 6.01. The lowest BCUT2D eigenvalue weighted by molar-refractivity contribution is 0.488. The molecule has 0 unspecified atom stereocenters. The molecule has 0 bridgehead atoms. The maximum absolute atomic E-state index is 6.71. The van der Waals surface area contributed by atoms with E-state index in [1.54, 1.807) is 0 Å². The number of nitrogens with zero attached hydrogens (tertiary/aromatic N) is 1. The number of ether oxygens (including phenoxy) is 1. The molecule has 14 rings (SSSR count). The monoisotopic (exact) mass is 877 g/mol. The Balaban J connectivity index is 0.936. The molecule has 69 heavy (non-hydrogen) atoms. The molecule has 0 atom stereocenters. The second kappa shape index (κ2) is 15.6. The summed E-state index contributed by atoms with van der Waals surface area (Å²) in [5.74, 6) is 1.70. The van der Waals surface area contributed by atoms with Crippen molar-refractivity contribution >= 4 is 17.1 Å². The lowest BCUT2D eigenvalue weighted by Crippen LogP contribution is -2.29. The van der Waals surface area contributed by atoms with Crippen LogP contribution >= 0.6 is 0 Å². The number of rotatable bonds is 5. The molecule has 2 aliphatic carbocycles. The number of fused-ring (bicyclic) bond motifs is 17. The highest BCUT2D eigenvalue weighted by atomic mass is 16.5. The lowest BCUT2D eigenvalue weighted by Gasteiger charge is -2.35. The molecule has 0 saturated heterocycles. The van der Waals surface area contributed by atoms with Crippen LogP contribution in [0, 0.1) is 0 Å². The Morgan fingerprint density at radius 3 is 1.28 bits per heavy atom. The molecular formula is C67H43NO. The molecule has 0 N–H and O–H groups in total. The summed E-state index contributed by atoms with van der Waals surface area (Å²) < 4.78 is 6.71. The summed E-state index contributed by atoms with van der Waals surface area (Å²) in [6.45, 7) is 0. The average molecular weight is 878 g/mol. The summed E-state index contributed by atoms with van der Waals surface area (Å²) in [6, 6.07) is 95.6. The van der Waals surface area contributed by atoms with E-state index in [2.05, 4.69) is 260 Å². The molecule has 1 spiro atoms. The van der Waals surface area contributed by atoms with Crippen molar-refractivity contribution in [1.82, 2.24) is 0 Å². The molecule has 0 aromatic heterocycles. The zero-order chi connectivity index (χ0) is 45.5. The minimum atomic E-state index is -0.536. The van der Waals surface area contributed by atoms with Gasteiger partial charge in [0, 0.05) is 28.2 Å². The first-order valence-electron chi connectivity index (χ1n) is 23.8. The molecule has 11 aromatic carbocycles. The SMILES string of the molecule is c1ccc(-c2ccc(N(c3ccc(-c4cccc5c4-c4ccccc4C54c5ccccc5-c5ccccc5-c5ccccc54)cc3)c3ccc4c(c3)-c3ccccc3-c3ccccc3O4)cc2)cc1. The van der Waals surface area contributed by atoms with E-state index in [0.29, 0.717) is 0 Å². The van der Waals surface area contributed by atoms with Gasteiger partial charge in [0.2, 0.25) is 0 Å². The third kappa shape index (κ3) is 5.92. The fraction of sp³-hybridized carbons (Fsp3) is 0.0149. The fourth-order valence-corrected chi connectivity index (χ4v) is 11.8. The molecule has 2 heteroatoms. The van der Waals surface area contributed by atoms with Gasteiger partial charge in [0.1, 0.15) is 11.5 Å². The third-order valence-electron chi connectivity index (χ3n) is 14.7. The van der Waals surface area contributed by atoms with Gasteiger partial charge in [-0.3, -0.25) is 0 Å². The zero-order valence-electron chi connectivity index (χ0n) is 37.7. The Morgan fingerprint density at radius 2 is 0.652 bits per heavy atom. The summed E-state index contributed by atoms with van der Waals surface area (Å²) in [5.41, 5.74) is 24.7. The number of anilines is 3. The van der Waals surface area contributed by atoms with Crippen LogP contribution in [-0.4, -0.2) is 0 Å². The normalized spacial score (nSPS) is 12.9. The summed E-state index contributed by atoms with van der Waals surface area (Å²) in [5, 5.41) is 0. The number of hydrogen-bond acceptors (Lipinski definition) is 2. The van der Waals surface area contributed by atoms with Crippen molar-refractivity contribution in [2.45, 2.75) is 5.41 Å². The Kier molecular flexibility index (Phi) is 8.84. The first-order chi connectivity index (χ1) is 34.2. The van der Waals surface area contributed by atoms with Crippen molar-refractivity contribution in [3.05, 3.63) is 283 Å². The van der Waals surface area contributed by atoms with E-state index < -0.39 is 5.41 Å². The highest BCUT2D eigenvalue weighted by Crippen LogP contribution is 2.63. The van der Waals surface area contributed by atoms with Crippen LogP contribution in [0.5, 0.6) is 11.5 Å². The van der Waals surface area contributed by atoms with Gasteiger partial charge in [-0.1, -0.05) is 212 Å². The summed E-state index contributed by atoms with van der Waals surface area (Å²) in [7, 11) is 0. The number of para-hydroxylation sites is 1. The van der Waals surface area contributed by atoms with E-state index in [-0.39, 0.29) is 0 Å². The minimum absolute atomic E-state index is 0.536. The van der Waals surface area contributed by atoms with Crippen molar-refractivity contribution in [2.75, 3.05) is 4.90 Å². The first-order valence-corrected chi connectivity index (χ1v) is 23.8. The van der Waals surface area contributed by atoms with Gasteiger partial charge >= 0.3 is 0 Å². The average Bonchev–Trinajstić information content (AvgIpc) is 3.57. The van der Waals surface area contributed by atoms with Crippen LogP contribution in [0.4, 0.5) is 17.1 Å². The molecule has 0 saturated carbocycles. The molecule has 1 heterocycles. The molecule has 0 amide bonds. The van der Waals surface area contributed by atoms with Crippen LogP contribution in [0.1, 0.15) is 22.3 Å². The number of hydrogen-bond donors (Lipinski definition) is 0. The van der Waals surface area contributed by atoms with Crippen LogP contribution in [0.2, 0.25) is 0 Å².